The van der Waals surface area contributed by atoms with Crippen molar-refractivity contribution in [3.05, 3.63) is 35.8 Å². The lowest BCUT2D eigenvalue weighted by Gasteiger charge is -2.26. The van der Waals surface area contributed by atoms with Gasteiger partial charge in [0.1, 0.15) is 0 Å². The summed E-state index contributed by atoms with van der Waals surface area (Å²) in [4.78, 5) is 14.0. The van der Waals surface area contributed by atoms with E-state index in [0.717, 1.165) is 45.3 Å². The lowest BCUT2D eigenvalue weighted by molar-refractivity contribution is 0.360. The van der Waals surface area contributed by atoms with Crippen LogP contribution in [0.25, 0.3) is 16.8 Å². The van der Waals surface area contributed by atoms with Crippen LogP contribution in [0.3, 0.4) is 0 Å². The van der Waals surface area contributed by atoms with E-state index in [-0.39, 0.29) is 0 Å². The Hall–Kier alpha value is -2.76. The second-order valence-electron chi connectivity index (χ2n) is 8.56. The number of rotatable bonds is 4. The third-order valence-corrected chi connectivity index (χ3v) is 5.73. The monoisotopic (exact) mass is 390 g/mol. The number of fused-ring (bicyclic) bond motifs is 1. The van der Waals surface area contributed by atoms with Gasteiger partial charge in [0, 0.05) is 23.5 Å². The molecule has 0 atom stereocenters. The van der Waals surface area contributed by atoms with Gasteiger partial charge in [-0.15, -0.1) is 5.10 Å². The minimum Gasteiger partial charge on any atom is -0.350 e. The van der Waals surface area contributed by atoms with Crippen LogP contribution < -0.4 is 5.32 Å². The second-order valence-corrected chi connectivity index (χ2v) is 8.56. The zero-order valence-electron chi connectivity index (χ0n) is 18.0. The van der Waals surface area contributed by atoms with Crippen LogP contribution in [-0.2, 0) is 0 Å². The fourth-order valence-corrected chi connectivity index (χ4v) is 4.13. The molecule has 29 heavy (non-hydrogen) atoms. The van der Waals surface area contributed by atoms with Gasteiger partial charge in [-0.3, -0.25) is 9.98 Å². The molecule has 0 spiro atoms. The molecule has 3 aromatic heterocycles. The van der Waals surface area contributed by atoms with Gasteiger partial charge in [-0.05, 0) is 77.0 Å². The van der Waals surface area contributed by atoms with E-state index in [9.17, 15) is 0 Å². The molecule has 0 unspecified atom stereocenters. The third-order valence-electron chi connectivity index (χ3n) is 5.73. The molecule has 1 aliphatic carbocycles. The highest BCUT2D eigenvalue weighted by Gasteiger charge is 2.19. The molecule has 0 saturated heterocycles. The molecule has 1 saturated carbocycles. The summed E-state index contributed by atoms with van der Waals surface area (Å²) in [6.07, 6.45) is 8.88. The number of nitrogens with one attached hydrogen (secondary N) is 1. The third kappa shape index (κ3) is 4.16. The van der Waals surface area contributed by atoms with Crippen molar-refractivity contribution in [3.63, 3.8) is 0 Å². The Kier molecular flexibility index (Phi) is 5.35. The summed E-state index contributed by atoms with van der Waals surface area (Å²) in [5.41, 5.74) is 6.98. The summed E-state index contributed by atoms with van der Waals surface area (Å²) in [6, 6.07) is 4.54. The maximum Gasteiger partial charge on any atom is 0.241 e. The standard InChI is InChI=1S/C23H30N6/c1-14(2)25-19-10-11-20(26-17(19)5)22-16(4)13-29-21(22)12-24-23(28-29)27-18-8-6-15(3)7-9-18/h10-13,15,18H,6-9H2,1-5H3,(H,27,28). The van der Waals surface area contributed by atoms with Crippen molar-refractivity contribution in [2.24, 2.45) is 10.9 Å². The average molecular weight is 391 g/mol. The van der Waals surface area contributed by atoms with Crippen LogP contribution in [-0.4, -0.2) is 31.3 Å². The van der Waals surface area contributed by atoms with Crippen molar-refractivity contribution in [1.82, 2.24) is 19.6 Å². The number of aromatic nitrogens is 4. The maximum atomic E-state index is 4.81. The zero-order chi connectivity index (χ0) is 20.5. The summed E-state index contributed by atoms with van der Waals surface area (Å²) in [7, 11) is 0. The molecule has 4 rings (SSSR count). The predicted octanol–water partition coefficient (Wildman–Crippen LogP) is 5.51. The van der Waals surface area contributed by atoms with Crippen LogP contribution >= 0.6 is 0 Å². The van der Waals surface area contributed by atoms with E-state index in [1.807, 2.05) is 43.6 Å². The molecule has 6 nitrogen and oxygen atoms in total. The molecule has 1 aliphatic rings. The van der Waals surface area contributed by atoms with Crippen LogP contribution in [0.1, 0.15) is 57.7 Å². The smallest absolute Gasteiger partial charge is 0.241 e. The molecule has 0 aliphatic heterocycles. The molecule has 1 fully saturated rings. The Balaban J connectivity index is 1.63. The highest BCUT2D eigenvalue weighted by Crippen LogP contribution is 2.31. The molecule has 0 amide bonds. The number of hydrogen-bond donors (Lipinski definition) is 1. The number of aliphatic imine (C=N–C) groups is 1. The topological polar surface area (TPSA) is 67.5 Å². The molecule has 0 bridgehead atoms. The Labute approximate surface area is 172 Å². The van der Waals surface area contributed by atoms with Gasteiger partial charge in [-0.25, -0.2) is 9.50 Å². The lowest BCUT2D eigenvalue weighted by atomic mass is 9.87. The largest absolute Gasteiger partial charge is 0.350 e. The summed E-state index contributed by atoms with van der Waals surface area (Å²) >= 11 is 0. The average Bonchev–Trinajstić information content (AvgIpc) is 3.00. The number of aryl methyl sites for hydroxylation is 2. The van der Waals surface area contributed by atoms with Crippen molar-refractivity contribution in [2.45, 2.75) is 66.3 Å². The van der Waals surface area contributed by atoms with Crippen LogP contribution in [0.15, 0.2) is 29.5 Å². The van der Waals surface area contributed by atoms with Gasteiger partial charge in [-0.1, -0.05) is 6.92 Å². The number of anilines is 1. The first-order valence-electron chi connectivity index (χ1n) is 10.5. The molecule has 6 heteroatoms. The highest BCUT2D eigenvalue weighted by atomic mass is 15.3. The molecule has 152 valence electrons. The zero-order valence-corrected chi connectivity index (χ0v) is 18.0. The van der Waals surface area contributed by atoms with E-state index in [4.69, 9.17) is 10.1 Å². The number of hydrogen-bond acceptors (Lipinski definition) is 5. The molecular weight excluding hydrogens is 360 g/mol. The fourth-order valence-electron chi connectivity index (χ4n) is 4.13. The molecule has 3 aromatic rings. The van der Waals surface area contributed by atoms with Crippen molar-refractivity contribution in [1.29, 1.82) is 0 Å². The normalized spacial score (nSPS) is 19.3. The van der Waals surface area contributed by atoms with Gasteiger partial charge in [0.2, 0.25) is 5.95 Å². The fraction of sp³-hybridized carbons (Fsp3) is 0.478. The van der Waals surface area contributed by atoms with Gasteiger partial charge < -0.3 is 5.32 Å². The Morgan fingerprint density at radius 3 is 2.59 bits per heavy atom. The van der Waals surface area contributed by atoms with Crippen molar-refractivity contribution < 1.29 is 0 Å². The number of pyridine rings is 1. The van der Waals surface area contributed by atoms with E-state index in [2.05, 4.69) is 35.3 Å². The van der Waals surface area contributed by atoms with Gasteiger partial charge in [0.25, 0.3) is 0 Å². The maximum absolute atomic E-state index is 4.81. The lowest BCUT2D eigenvalue weighted by Crippen LogP contribution is -2.26. The van der Waals surface area contributed by atoms with Gasteiger partial charge in [0.15, 0.2) is 0 Å². The van der Waals surface area contributed by atoms with Crippen molar-refractivity contribution in [2.75, 3.05) is 5.32 Å². The van der Waals surface area contributed by atoms with E-state index in [1.165, 1.54) is 25.7 Å². The molecule has 0 radical (unpaired) electrons. The van der Waals surface area contributed by atoms with Crippen LogP contribution in [0, 0.1) is 19.8 Å². The Bertz CT molecular complexity index is 1050. The van der Waals surface area contributed by atoms with E-state index < -0.39 is 0 Å². The molecule has 1 N–H and O–H groups in total. The first kappa shape index (κ1) is 19.6. The van der Waals surface area contributed by atoms with E-state index in [1.54, 1.807) is 0 Å². The quantitative estimate of drug-likeness (QED) is 0.596. The van der Waals surface area contributed by atoms with Crippen molar-refractivity contribution in [3.8, 4) is 11.3 Å². The van der Waals surface area contributed by atoms with Gasteiger partial charge in [-0.2, -0.15) is 0 Å². The molecule has 0 aromatic carbocycles. The van der Waals surface area contributed by atoms with Crippen LogP contribution in [0.4, 0.5) is 11.6 Å². The van der Waals surface area contributed by atoms with Gasteiger partial charge in [0.05, 0.1) is 28.8 Å². The summed E-state index contributed by atoms with van der Waals surface area (Å²) in [5, 5.41) is 8.24. The van der Waals surface area contributed by atoms with E-state index >= 15 is 0 Å². The number of nitrogens with zero attached hydrogens (tertiary/aromatic N) is 5. The van der Waals surface area contributed by atoms with Gasteiger partial charge >= 0.3 is 0 Å². The molecule has 3 heterocycles. The first-order valence-corrected chi connectivity index (χ1v) is 10.5. The second kappa shape index (κ2) is 7.93. The SMILES string of the molecule is CC(C)=Nc1ccc(-c2c(C)cn3nc(NC4CCC(C)CC4)ncc23)nc1C. The highest BCUT2D eigenvalue weighted by molar-refractivity contribution is 5.84. The summed E-state index contributed by atoms with van der Waals surface area (Å²) < 4.78 is 1.92. The van der Waals surface area contributed by atoms with Crippen LogP contribution in [0.5, 0.6) is 0 Å². The summed E-state index contributed by atoms with van der Waals surface area (Å²) in [5.74, 6) is 1.53. The minimum atomic E-state index is 0.471. The predicted molar refractivity (Wildman–Crippen MR) is 119 cm³/mol. The summed E-state index contributed by atoms with van der Waals surface area (Å²) in [6.45, 7) is 10.4. The van der Waals surface area contributed by atoms with Crippen molar-refractivity contribution >= 4 is 22.9 Å². The minimum absolute atomic E-state index is 0.471. The first-order chi connectivity index (χ1) is 13.9. The van der Waals surface area contributed by atoms with Crippen LogP contribution in [0.2, 0.25) is 0 Å². The Morgan fingerprint density at radius 2 is 1.90 bits per heavy atom. The molecular formula is C23H30N6. The van der Waals surface area contributed by atoms with E-state index in [0.29, 0.717) is 12.0 Å². The Morgan fingerprint density at radius 1 is 1.14 bits per heavy atom.